The quantitative estimate of drug-likeness (QED) is 0.707. The molecule has 0 aliphatic heterocycles. The van der Waals surface area contributed by atoms with E-state index in [0.717, 1.165) is 26.2 Å². The molecule has 0 aromatic heterocycles. The molecule has 0 unspecified atom stereocenters. The summed E-state index contributed by atoms with van der Waals surface area (Å²) in [4.78, 5) is 2.19. The fourth-order valence-corrected chi connectivity index (χ4v) is 1.62. The summed E-state index contributed by atoms with van der Waals surface area (Å²) in [5, 5.41) is 3.37. The maximum absolute atomic E-state index is 5.00. The number of hydrogen-bond acceptors (Lipinski definition) is 3. The first-order valence-electron chi connectivity index (χ1n) is 5.65. The Morgan fingerprint density at radius 3 is 2.50 bits per heavy atom. The van der Waals surface area contributed by atoms with Crippen molar-refractivity contribution < 1.29 is 4.74 Å². The van der Waals surface area contributed by atoms with Gasteiger partial charge in [-0.2, -0.15) is 0 Å². The van der Waals surface area contributed by atoms with Crippen LogP contribution in [0.1, 0.15) is 11.1 Å². The number of benzene rings is 1. The van der Waals surface area contributed by atoms with Crippen molar-refractivity contribution in [1.29, 1.82) is 0 Å². The van der Waals surface area contributed by atoms with E-state index in [1.54, 1.807) is 7.11 Å². The van der Waals surface area contributed by atoms with E-state index in [9.17, 15) is 0 Å². The van der Waals surface area contributed by atoms with E-state index in [2.05, 4.69) is 48.6 Å². The molecule has 90 valence electrons. The minimum Gasteiger partial charge on any atom is -0.383 e. The molecule has 1 aromatic rings. The Morgan fingerprint density at radius 1 is 1.19 bits per heavy atom. The Morgan fingerprint density at radius 2 is 1.88 bits per heavy atom. The molecular formula is C13H22N2O. The van der Waals surface area contributed by atoms with Gasteiger partial charge in [-0.15, -0.1) is 0 Å². The molecule has 0 fully saturated rings. The first-order chi connectivity index (χ1) is 7.74. The predicted molar refractivity (Wildman–Crippen MR) is 67.4 cm³/mol. The van der Waals surface area contributed by atoms with Gasteiger partial charge < -0.3 is 15.0 Å². The average Bonchev–Trinajstić information content (AvgIpc) is 2.26. The van der Waals surface area contributed by atoms with Crippen molar-refractivity contribution >= 4 is 0 Å². The number of nitrogens with zero attached hydrogens (tertiary/aromatic N) is 1. The Hall–Kier alpha value is -0.900. The lowest BCUT2D eigenvalue weighted by Crippen LogP contribution is -2.20. The molecule has 0 atom stereocenters. The highest BCUT2D eigenvalue weighted by molar-refractivity contribution is 5.26. The van der Waals surface area contributed by atoms with Crippen LogP contribution in [-0.4, -0.2) is 39.3 Å². The zero-order valence-corrected chi connectivity index (χ0v) is 10.5. The van der Waals surface area contributed by atoms with Crippen LogP contribution in [0.25, 0.3) is 0 Å². The fraction of sp³-hybridized carbons (Fsp3) is 0.538. The van der Waals surface area contributed by atoms with Gasteiger partial charge in [-0.1, -0.05) is 24.3 Å². The van der Waals surface area contributed by atoms with Gasteiger partial charge in [-0.05, 0) is 25.2 Å². The molecule has 1 rings (SSSR count). The number of rotatable bonds is 7. The summed E-state index contributed by atoms with van der Waals surface area (Å²) in [6, 6.07) is 8.55. The average molecular weight is 222 g/mol. The van der Waals surface area contributed by atoms with Gasteiger partial charge in [0.2, 0.25) is 0 Å². The van der Waals surface area contributed by atoms with Gasteiger partial charge in [0.25, 0.3) is 0 Å². The molecule has 0 heterocycles. The van der Waals surface area contributed by atoms with E-state index in [4.69, 9.17) is 4.74 Å². The summed E-state index contributed by atoms with van der Waals surface area (Å²) < 4.78 is 5.00. The number of hydrogen-bond donors (Lipinski definition) is 1. The van der Waals surface area contributed by atoms with Crippen molar-refractivity contribution in [2.75, 3.05) is 34.4 Å². The fourth-order valence-electron chi connectivity index (χ4n) is 1.62. The van der Waals surface area contributed by atoms with Crippen LogP contribution in [0.15, 0.2) is 24.3 Å². The second kappa shape index (κ2) is 7.39. The Kier molecular flexibility index (Phi) is 6.08. The smallest absolute Gasteiger partial charge is 0.0587 e. The second-order valence-corrected chi connectivity index (χ2v) is 4.18. The van der Waals surface area contributed by atoms with Crippen LogP contribution in [0.3, 0.4) is 0 Å². The molecule has 0 amide bonds. The van der Waals surface area contributed by atoms with E-state index in [1.807, 2.05) is 0 Å². The molecule has 0 bridgehead atoms. The van der Waals surface area contributed by atoms with Gasteiger partial charge in [0.15, 0.2) is 0 Å². The van der Waals surface area contributed by atoms with Crippen LogP contribution in [0.5, 0.6) is 0 Å². The Bertz CT molecular complexity index is 300. The summed E-state index contributed by atoms with van der Waals surface area (Å²) in [5.41, 5.74) is 2.75. The maximum Gasteiger partial charge on any atom is 0.0587 e. The SMILES string of the molecule is COCCNCc1ccccc1CN(C)C. The van der Waals surface area contributed by atoms with Gasteiger partial charge in [-0.3, -0.25) is 0 Å². The molecular weight excluding hydrogens is 200 g/mol. The van der Waals surface area contributed by atoms with Crippen molar-refractivity contribution in [3.05, 3.63) is 35.4 Å². The Labute approximate surface area is 98.4 Å². The van der Waals surface area contributed by atoms with Crippen LogP contribution in [0.2, 0.25) is 0 Å². The third-order valence-corrected chi connectivity index (χ3v) is 2.40. The van der Waals surface area contributed by atoms with Crippen molar-refractivity contribution in [1.82, 2.24) is 10.2 Å². The molecule has 3 nitrogen and oxygen atoms in total. The highest BCUT2D eigenvalue weighted by Crippen LogP contribution is 2.09. The molecule has 3 heteroatoms. The van der Waals surface area contributed by atoms with E-state index < -0.39 is 0 Å². The van der Waals surface area contributed by atoms with Gasteiger partial charge in [0, 0.05) is 26.7 Å². The first kappa shape index (κ1) is 13.2. The lowest BCUT2D eigenvalue weighted by Gasteiger charge is -2.14. The van der Waals surface area contributed by atoms with E-state index in [0.29, 0.717) is 0 Å². The summed E-state index contributed by atoms with van der Waals surface area (Å²) in [6.45, 7) is 3.55. The van der Waals surface area contributed by atoms with E-state index >= 15 is 0 Å². The van der Waals surface area contributed by atoms with Crippen molar-refractivity contribution in [3.8, 4) is 0 Å². The largest absolute Gasteiger partial charge is 0.383 e. The highest BCUT2D eigenvalue weighted by Gasteiger charge is 2.02. The minimum absolute atomic E-state index is 0.760. The summed E-state index contributed by atoms with van der Waals surface area (Å²) >= 11 is 0. The normalized spacial score (nSPS) is 11.0. The molecule has 16 heavy (non-hydrogen) atoms. The van der Waals surface area contributed by atoms with Crippen LogP contribution in [0, 0.1) is 0 Å². The van der Waals surface area contributed by atoms with Crippen molar-refractivity contribution in [2.24, 2.45) is 0 Å². The second-order valence-electron chi connectivity index (χ2n) is 4.18. The molecule has 0 saturated heterocycles. The first-order valence-corrected chi connectivity index (χ1v) is 5.65. The van der Waals surface area contributed by atoms with Gasteiger partial charge in [0.1, 0.15) is 0 Å². The standard InChI is InChI=1S/C13H22N2O/c1-15(2)11-13-7-5-4-6-12(13)10-14-8-9-16-3/h4-7,14H,8-11H2,1-3H3. The number of ether oxygens (including phenoxy) is 1. The summed E-state index contributed by atoms with van der Waals surface area (Å²) in [5.74, 6) is 0. The van der Waals surface area contributed by atoms with E-state index in [1.165, 1.54) is 11.1 Å². The van der Waals surface area contributed by atoms with Crippen LogP contribution >= 0.6 is 0 Å². The predicted octanol–water partition coefficient (Wildman–Crippen LogP) is 1.48. The third kappa shape index (κ3) is 4.75. The minimum atomic E-state index is 0.760. The number of nitrogens with one attached hydrogen (secondary N) is 1. The topological polar surface area (TPSA) is 24.5 Å². The van der Waals surface area contributed by atoms with Crippen LogP contribution in [0.4, 0.5) is 0 Å². The molecule has 0 spiro atoms. The summed E-state index contributed by atoms with van der Waals surface area (Å²) in [6.07, 6.45) is 0. The zero-order valence-electron chi connectivity index (χ0n) is 10.5. The summed E-state index contributed by atoms with van der Waals surface area (Å²) in [7, 11) is 5.91. The van der Waals surface area contributed by atoms with Crippen molar-refractivity contribution in [2.45, 2.75) is 13.1 Å². The van der Waals surface area contributed by atoms with Crippen LogP contribution in [-0.2, 0) is 17.8 Å². The number of methoxy groups -OCH3 is 1. The molecule has 0 radical (unpaired) electrons. The van der Waals surface area contributed by atoms with Crippen molar-refractivity contribution in [3.63, 3.8) is 0 Å². The molecule has 0 saturated carbocycles. The lowest BCUT2D eigenvalue weighted by atomic mass is 10.1. The highest BCUT2D eigenvalue weighted by atomic mass is 16.5. The maximum atomic E-state index is 5.00. The molecule has 1 aromatic carbocycles. The van der Waals surface area contributed by atoms with Crippen LogP contribution < -0.4 is 5.32 Å². The van der Waals surface area contributed by atoms with E-state index in [-0.39, 0.29) is 0 Å². The van der Waals surface area contributed by atoms with Gasteiger partial charge in [-0.25, -0.2) is 0 Å². The van der Waals surface area contributed by atoms with Gasteiger partial charge >= 0.3 is 0 Å². The molecule has 0 aliphatic carbocycles. The van der Waals surface area contributed by atoms with Gasteiger partial charge in [0.05, 0.1) is 6.61 Å². The third-order valence-electron chi connectivity index (χ3n) is 2.40. The Balaban J connectivity index is 2.50. The molecule has 0 aliphatic rings. The zero-order chi connectivity index (χ0) is 11.8. The monoisotopic (exact) mass is 222 g/mol. The molecule has 1 N–H and O–H groups in total. The lowest BCUT2D eigenvalue weighted by molar-refractivity contribution is 0.199.